The molecule has 0 spiro atoms. The zero-order valence-corrected chi connectivity index (χ0v) is 19.1. The van der Waals surface area contributed by atoms with Crippen LogP contribution in [-0.2, 0) is 11.8 Å². The normalized spacial score (nSPS) is 11.2. The summed E-state index contributed by atoms with van der Waals surface area (Å²) in [6.45, 7) is 5.28. The Bertz CT molecular complexity index is 1310. The molecule has 0 unspecified atom stereocenters. The number of nitrogens with zero attached hydrogens (tertiary/aromatic N) is 5. The standard InChI is InChI=1S/C23H23N7O4/c1-23(2,3)34-22(32)28-17-7-5-14(20-25-13-33-29-20)9-19(17)27-21(31)18-8-6-15(10-24-18)16-11-26-30(4)12-16/h5-13H,1-4H3,(H,27,31)(H,28,32). The van der Waals surface area contributed by atoms with Gasteiger partial charge in [-0.15, -0.1) is 0 Å². The molecule has 174 valence electrons. The first-order chi connectivity index (χ1) is 16.2. The quantitative estimate of drug-likeness (QED) is 0.453. The summed E-state index contributed by atoms with van der Waals surface area (Å²) in [5, 5.41) is 13.4. The molecule has 4 rings (SSSR count). The van der Waals surface area contributed by atoms with E-state index in [0.29, 0.717) is 22.8 Å². The monoisotopic (exact) mass is 461 g/mol. The summed E-state index contributed by atoms with van der Waals surface area (Å²) in [6.07, 6.45) is 5.72. The van der Waals surface area contributed by atoms with Crippen molar-refractivity contribution in [3.05, 3.63) is 61.0 Å². The molecule has 1 aromatic carbocycles. The average Bonchev–Trinajstić information content (AvgIpc) is 3.46. The first kappa shape index (κ1) is 22.6. The van der Waals surface area contributed by atoms with Gasteiger partial charge in [0, 0.05) is 36.1 Å². The lowest BCUT2D eigenvalue weighted by molar-refractivity contribution is 0.0635. The van der Waals surface area contributed by atoms with Gasteiger partial charge in [0.05, 0.1) is 17.6 Å². The van der Waals surface area contributed by atoms with Gasteiger partial charge in [-0.1, -0.05) is 11.2 Å². The minimum atomic E-state index is -0.683. The van der Waals surface area contributed by atoms with Crippen LogP contribution in [0.3, 0.4) is 0 Å². The van der Waals surface area contributed by atoms with E-state index < -0.39 is 17.6 Å². The van der Waals surface area contributed by atoms with E-state index in [1.54, 1.807) is 68.2 Å². The van der Waals surface area contributed by atoms with E-state index in [9.17, 15) is 9.59 Å². The highest BCUT2D eigenvalue weighted by Gasteiger charge is 2.19. The lowest BCUT2D eigenvalue weighted by Crippen LogP contribution is -2.27. The van der Waals surface area contributed by atoms with E-state index in [1.165, 1.54) is 6.39 Å². The number of hydrogen-bond donors (Lipinski definition) is 2. The van der Waals surface area contributed by atoms with Gasteiger partial charge in [0.15, 0.2) is 0 Å². The number of aromatic nitrogens is 5. The third-order valence-electron chi connectivity index (χ3n) is 4.56. The Labute approximate surface area is 195 Å². The fourth-order valence-electron chi connectivity index (χ4n) is 3.06. The van der Waals surface area contributed by atoms with Crippen LogP contribution >= 0.6 is 0 Å². The number of benzene rings is 1. The number of rotatable bonds is 5. The molecule has 3 aromatic heterocycles. The number of nitrogens with one attached hydrogen (secondary N) is 2. The van der Waals surface area contributed by atoms with Crippen LogP contribution in [0, 0.1) is 0 Å². The number of amides is 2. The number of anilines is 2. The highest BCUT2D eigenvalue weighted by Crippen LogP contribution is 2.29. The van der Waals surface area contributed by atoms with Crippen molar-refractivity contribution in [3.63, 3.8) is 0 Å². The van der Waals surface area contributed by atoms with Crippen LogP contribution in [0.25, 0.3) is 22.5 Å². The molecule has 0 aliphatic rings. The summed E-state index contributed by atoms with van der Waals surface area (Å²) in [5.74, 6) is -0.131. The van der Waals surface area contributed by atoms with Crippen LogP contribution < -0.4 is 10.6 Å². The molecule has 0 fully saturated rings. The molecule has 0 aliphatic carbocycles. The van der Waals surface area contributed by atoms with Crippen molar-refractivity contribution in [1.82, 2.24) is 24.9 Å². The van der Waals surface area contributed by atoms with Crippen LogP contribution in [0.2, 0.25) is 0 Å². The maximum absolute atomic E-state index is 12.9. The van der Waals surface area contributed by atoms with E-state index >= 15 is 0 Å². The van der Waals surface area contributed by atoms with E-state index in [-0.39, 0.29) is 5.69 Å². The topological polar surface area (TPSA) is 137 Å². The van der Waals surface area contributed by atoms with Crippen LogP contribution in [0.5, 0.6) is 0 Å². The Kier molecular flexibility index (Phi) is 6.09. The summed E-state index contributed by atoms with van der Waals surface area (Å²) >= 11 is 0. The number of pyridine rings is 1. The van der Waals surface area contributed by atoms with Gasteiger partial charge in [0.2, 0.25) is 12.2 Å². The van der Waals surface area contributed by atoms with Crippen LogP contribution in [0.15, 0.2) is 59.8 Å². The predicted molar refractivity (Wildman–Crippen MR) is 124 cm³/mol. The Hall–Kier alpha value is -4.54. The van der Waals surface area contributed by atoms with Crippen molar-refractivity contribution in [2.24, 2.45) is 7.05 Å². The van der Waals surface area contributed by atoms with Gasteiger partial charge in [-0.2, -0.15) is 10.1 Å². The molecule has 11 heteroatoms. The molecule has 2 N–H and O–H groups in total. The summed E-state index contributed by atoms with van der Waals surface area (Å²) in [4.78, 5) is 33.6. The van der Waals surface area contributed by atoms with Crippen molar-refractivity contribution in [2.75, 3.05) is 10.6 Å². The van der Waals surface area contributed by atoms with E-state index in [4.69, 9.17) is 9.26 Å². The third-order valence-corrected chi connectivity index (χ3v) is 4.56. The lowest BCUT2D eigenvalue weighted by atomic mass is 10.1. The molecule has 0 atom stereocenters. The molecular weight excluding hydrogens is 438 g/mol. The molecule has 0 saturated carbocycles. The molecule has 2 amide bonds. The Balaban J connectivity index is 1.58. The molecular formula is C23H23N7O4. The van der Waals surface area contributed by atoms with E-state index in [0.717, 1.165) is 11.1 Å². The highest BCUT2D eigenvalue weighted by molar-refractivity contribution is 6.06. The van der Waals surface area contributed by atoms with Gasteiger partial charge in [-0.25, -0.2) is 4.79 Å². The minimum absolute atomic E-state index is 0.195. The molecule has 0 saturated heterocycles. The highest BCUT2D eigenvalue weighted by atomic mass is 16.6. The predicted octanol–water partition coefficient (Wildman–Crippen LogP) is 4.13. The first-order valence-corrected chi connectivity index (χ1v) is 10.4. The number of aryl methyl sites for hydroxylation is 1. The zero-order valence-electron chi connectivity index (χ0n) is 19.1. The largest absolute Gasteiger partial charge is 0.444 e. The van der Waals surface area contributed by atoms with Crippen molar-refractivity contribution >= 4 is 23.4 Å². The van der Waals surface area contributed by atoms with Gasteiger partial charge in [0.1, 0.15) is 11.3 Å². The zero-order chi connectivity index (χ0) is 24.3. The fraction of sp³-hybridized carbons (Fsp3) is 0.217. The molecule has 0 bridgehead atoms. The second-order valence-electron chi connectivity index (χ2n) is 8.43. The maximum atomic E-state index is 12.9. The number of carbonyl (C=O) groups excluding carboxylic acids is 2. The van der Waals surface area contributed by atoms with Crippen molar-refractivity contribution in [1.29, 1.82) is 0 Å². The van der Waals surface area contributed by atoms with Gasteiger partial charge >= 0.3 is 6.09 Å². The summed E-state index contributed by atoms with van der Waals surface area (Å²) in [5.41, 5.74) is 2.46. The Morgan fingerprint density at radius 1 is 0.971 bits per heavy atom. The first-order valence-electron chi connectivity index (χ1n) is 10.4. The smallest absolute Gasteiger partial charge is 0.412 e. The summed E-state index contributed by atoms with van der Waals surface area (Å²) in [7, 11) is 1.82. The minimum Gasteiger partial charge on any atom is -0.444 e. The molecule has 3 heterocycles. The SMILES string of the molecule is Cn1cc(-c2ccc(C(=O)Nc3cc(-c4ncon4)ccc3NC(=O)OC(C)(C)C)nc2)cn1. The lowest BCUT2D eigenvalue weighted by Gasteiger charge is -2.20. The van der Waals surface area contributed by atoms with E-state index in [2.05, 4.69) is 30.9 Å². The van der Waals surface area contributed by atoms with E-state index in [1.807, 2.05) is 13.2 Å². The summed E-state index contributed by atoms with van der Waals surface area (Å²) < 4.78 is 11.8. The van der Waals surface area contributed by atoms with Gasteiger partial charge in [-0.3, -0.25) is 19.8 Å². The Morgan fingerprint density at radius 3 is 2.38 bits per heavy atom. The van der Waals surface area contributed by atoms with Crippen LogP contribution in [0.1, 0.15) is 31.3 Å². The molecule has 34 heavy (non-hydrogen) atoms. The molecule has 11 nitrogen and oxygen atoms in total. The number of carbonyl (C=O) groups is 2. The van der Waals surface area contributed by atoms with Crippen molar-refractivity contribution < 1.29 is 18.8 Å². The average molecular weight is 461 g/mol. The van der Waals surface area contributed by atoms with Gasteiger partial charge in [-0.05, 0) is 45.0 Å². The molecule has 0 radical (unpaired) electrons. The van der Waals surface area contributed by atoms with Crippen molar-refractivity contribution in [2.45, 2.75) is 26.4 Å². The summed E-state index contributed by atoms with van der Waals surface area (Å²) in [6, 6.07) is 8.33. The van der Waals surface area contributed by atoms with Crippen LogP contribution in [-0.4, -0.2) is 42.5 Å². The number of hydrogen-bond acceptors (Lipinski definition) is 8. The molecule has 0 aliphatic heterocycles. The number of ether oxygens (including phenoxy) is 1. The molecule has 4 aromatic rings. The second-order valence-corrected chi connectivity index (χ2v) is 8.43. The van der Waals surface area contributed by atoms with Gasteiger partial charge < -0.3 is 14.6 Å². The van der Waals surface area contributed by atoms with Crippen molar-refractivity contribution in [3.8, 4) is 22.5 Å². The maximum Gasteiger partial charge on any atom is 0.412 e. The third kappa shape index (κ3) is 5.44. The fourth-order valence-corrected chi connectivity index (χ4v) is 3.06. The van der Waals surface area contributed by atoms with Gasteiger partial charge in [0.25, 0.3) is 5.91 Å². The van der Waals surface area contributed by atoms with Crippen LogP contribution in [0.4, 0.5) is 16.2 Å². The Morgan fingerprint density at radius 2 is 1.76 bits per heavy atom. The second kappa shape index (κ2) is 9.14.